The Kier molecular flexibility index (Phi) is 4.32. The summed E-state index contributed by atoms with van der Waals surface area (Å²) in [7, 11) is 0. The molecule has 0 aliphatic rings. The predicted molar refractivity (Wildman–Crippen MR) is 82.7 cm³/mol. The van der Waals surface area contributed by atoms with Crippen molar-refractivity contribution in [2.45, 2.75) is 6.61 Å². The highest BCUT2D eigenvalue weighted by atomic mass is 35.5. The first-order valence-corrected chi connectivity index (χ1v) is 7.16. The maximum atomic E-state index is 13.2. The van der Waals surface area contributed by atoms with Crippen LogP contribution in [-0.4, -0.2) is 4.98 Å². The van der Waals surface area contributed by atoms with Crippen LogP contribution in [0.2, 0.25) is 10.0 Å². The SMILES string of the molecule is Fc1cccc(-c2nc(COc3c(Cl)cccc3Cl)co2)c1. The number of aromatic nitrogens is 1. The van der Waals surface area contributed by atoms with E-state index in [-0.39, 0.29) is 12.4 Å². The van der Waals surface area contributed by atoms with Crippen molar-refractivity contribution in [3.8, 4) is 17.2 Å². The monoisotopic (exact) mass is 337 g/mol. The van der Waals surface area contributed by atoms with Gasteiger partial charge in [0.05, 0.1) is 10.0 Å². The molecule has 0 saturated carbocycles. The fourth-order valence-electron chi connectivity index (χ4n) is 1.89. The summed E-state index contributed by atoms with van der Waals surface area (Å²) in [5.74, 6) is 0.362. The summed E-state index contributed by atoms with van der Waals surface area (Å²) >= 11 is 12.0. The standard InChI is InChI=1S/C16H10Cl2FNO2/c17-13-5-2-6-14(18)15(13)21-8-12-9-22-16(20-12)10-3-1-4-11(19)7-10/h1-7,9H,8H2. The lowest BCUT2D eigenvalue weighted by Gasteiger charge is -2.07. The van der Waals surface area contributed by atoms with Gasteiger partial charge in [-0.05, 0) is 30.3 Å². The van der Waals surface area contributed by atoms with Crippen molar-refractivity contribution in [3.63, 3.8) is 0 Å². The normalized spacial score (nSPS) is 10.7. The molecule has 2 aromatic carbocycles. The highest BCUT2D eigenvalue weighted by Gasteiger charge is 2.11. The highest BCUT2D eigenvalue weighted by molar-refractivity contribution is 6.37. The molecule has 0 aliphatic heterocycles. The number of nitrogens with zero attached hydrogens (tertiary/aromatic N) is 1. The minimum atomic E-state index is -0.351. The second-order valence-electron chi connectivity index (χ2n) is 4.49. The Hall–Kier alpha value is -2.04. The predicted octanol–water partition coefficient (Wildman–Crippen LogP) is 5.37. The number of oxazole rings is 1. The number of hydrogen-bond acceptors (Lipinski definition) is 3. The summed E-state index contributed by atoms with van der Waals surface area (Å²) in [6.07, 6.45) is 1.45. The van der Waals surface area contributed by atoms with Gasteiger partial charge in [-0.25, -0.2) is 9.37 Å². The van der Waals surface area contributed by atoms with E-state index >= 15 is 0 Å². The first-order chi connectivity index (χ1) is 10.6. The Bertz CT molecular complexity index is 784. The van der Waals surface area contributed by atoms with Gasteiger partial charge in [-0.3, -0.25) is 0 Å². The first-order valence-electron chi connectivity index (χ1n) is 6.40. The summed E-state index contributed by atoms with van der Waals surface area (Å²) in [5, 5.41) is 0.836. The number of hydrogen-bond donors (Lipinski definition) is 0. The molecule has 0 atom stereocenters. The number of rotatable bonds is 4. The minimum Gasteiger partial charge on any atom is -0.484 e. The van der Waals surface area contributed by atoms with Crippen molar-refractivity contribution in [3.05, 3.63) is 70.3 Å². The molecule has 0 aliphatic carbocycles. The Morgan fingerprint density at radius 3 is 2.55 bits per heavy atom. The molecule has 6 heteroatoms. The lowest BCUT2D eigenvalue weighted by atomic mass is 10.2. The number of para-hydroxylation sites is 1. The first kappa shape index (κ1) is 14.9. The van der Waals surface area contributed by atoms with Crippen LogP contribution in [0.25, 0.3) is 11.5 Å². The lowest BCUT2D eigenvalue weighted by Crippen LogP contribution is -1.97. The number of ether oxygens (including phenoxy) is 1. The van der Waals surface area contributed by atoms with Crippen molar-refractivity contribution in [2.75, 3.05) is 0 Å². The molecular formula is C16H10Cl2FNO2. The largest absolute Gasteiger partial charge is 0.484 e. The van der Waals surface area contributed by atoms with Gasteiger partial charge in [-0.2, -0.15) is 0 Å². The maximum Gasteiger partial charge on any atom is 0.226 e. The molecular weight excluding hydrogens is 328 g/mol. The third-order valence-corrected chi connectivity index (χ3v) is 3.50. The van der Waals surface area contributed by atoms with Gasteiger partial charge in [0.15, 0.2) is 5.75 Å². The lowest BCUT2D eigenvalue weighted by molar-refractivity contribution is 0.301. The van der Waals surface area contributed by atoms with Gasteiger partial charge in [-0.15, -0.1) is 0 Å². The van der Waals surface area contributed by atoms with Crippen molar-refractivity contribution >= 4 is 23.2 Å². The zero-order valence-electron chi connectivity index (χ0n) is 11.2. The van der Waals surface area contributed by atoms with Crippen LogP contribution in [-0.2, 0) is 6.61 Å². The van der Waals surface area contributed by atoms with Gasteiger partial charge in [-0.1, -0.05) is 35.3 Å². The van der Waals surface area contributed by atoms with Gasteiger partial charge < -0.3 is 9.15 Å². The number of benzene rings is 2. The summed E-state index contributed by atoms with van der Waals surface area (Å²) in [6, 6.07) is 11.1. The Morgan fingerprint density at radius 1 is 1.09 bits per heavy atom. The molecule has 0 bridgehead atoms. The molecule has 1 heterocycles. The molecule has 0 N–H and O–H groups in total. The van der Waals surface area contributed by atoms with Crippen LogP contribution in [0.5, 0.6) is 5.75 Å². The molecule has 3 rings (SSSR count). The smallest absolute Gasteiger partial charge is 0.226 e. The quantitative estimate of drug-likeness (QED) is 0.642. The van der Waals surface area contributed by atoms with Crippen molar-refractivity contribution in [1.29, 1.82) is 0 Å². The van der Waals surface area contributed by atoms with Gasteiger partial charge in [0.25, 0.3) is 0 Å². The van der Waals surface area contributed by atoms with Gasteiger partial charge >= 0.3 is 0 Å². The molecule has 3 aromatic rings. The van der Waals surface area contributed by atoms with E-state index in [1.54, 1.807) is 30.3 Å². The summed E-state index contributed by atoms with van der Waals surface area (Å²) in [6.45, 7) is 0.141. The van der Waals surface area contributed by atoms with Crippen LogP contribution >= 0.6 is 23.2 Å². The molecule has 112 valence electrons. The van der Waals surface area contributed by atoms with Crippen LogP contribution in [0.15, 0.2) is 53.1 Å². The van der Waals surface area contributed by atoms with Crippen LogP contribution in [0.3, 0.4) is 0 Å². The van der Waals surface area contributed by atoms with Crippen molar-refractivity contribution < 1.29 is 13.5 Å². The second kappa shape index (κ2) is 6.38. The van der Waals surface area contributed by atoms with Crippen LogP contribution in [0, 0.1) is 5.82 Å². The molecule has 0 fully saturated rings. The zero-order valence-corrected chi connectivity index (χ0v) is 12.7. The summed E-state index contributed by atoms with van der Waals surface area (Å²) in [4.78, 5) is 4.25. The molecule has 0 saturated heterocycles. The average molecular weight is 338 g/mol. The van der Waals surface area contributed by atoms with Crippen molar-refractivity contribution in [2.24, 2.45) is 0 Å². The van der Waals surface area contributed by atoms with Crippen LogP contribution < -0.4 is 4.74 Å². The van der Waals surface area contributed by atoms with E-state index in [9.17, 15) is 4.39 Å². The third-order valence-electron chi connectivity index (χ3n) is 2.91. The van der Waals surface area contributed by atoms with Crippen molar-refractivity contribution in [1.82, 2.24) is 4.98 Å². The van der Waals surface area contributed by atoms with E-state index in [0.717, 1.165) is 0 Å². The topological polar surface area (TPSA) is 35.3 Å². The van der Waals surface area contributed by atoms with E-state index in [1.807, 2.05) is 0 Å². The van der Waals surface area contributed by atoms with Crippen LogP contribution in [0.4, 0.5) is 4.39 Å². The van der Waals surface area contributed by atoms with Gasteiger partial charge in [0.1, 0.15) is 24.4 Å². The summed E-state index contributed by atoms with van der Waals surface area (Å²) < 4.78 is 24.1. The fourth-order valence-corrected chi connectivity index (χ4v) is 2.40. The zero-order chi connectivity index (χ0) is 15.5. The Balaban J connectivity index is 1.75. The van der Waals surface area contributed by atoms with Crippen LogP contribution in [0.1, 0.15) is 5.69 Å². The molecule has 3 nitrogen and oxygen atoms in total. The maximum absolute atomic E-state index is 13.2. The molecule has 0 amide bonds. The molecule has 0 spiro atoms. The minimum absolute atomic E-state index is 0.141. The van der Waals surface area contributed by atoms with Gasteiger partial charge in [0, 0.05) is 5.56 Å². The molecule has 0 unspecified atom stereocenters. The third kappa shape index (κ3) is 3.24. The fraction of sp³-hybridized carbons (Fsp3) is 0.0625. The van der Waals surface area contributed by atoms with E-state index in [4.69, 9.17) is 32.4 Å². The van der Waals surface area contributed by atoms with E-state index < -0.39 is 0 Å². The summed E-state index contributed by atoms with van der Waals surface area (Å²) in [5.41, 5.74) is 1.11. The highest BCUT2D eigenvalue weighted by Crippen LogP contribution is 2.33. The van der Waals surface area contributed by atoms with Gasteiger partial charge in [0.2, 0.25) is 5.89 Å². The molecule has 0 radical (unpaired) electrons. The average Bonchev–Trinajstić information content (AvgIpc) is 2.96. The molecule has 1 aromatic heterocycles. The second-order valence-corrected chi connectivity index (χ2v) is 5.31. The van der Waals surface area contributed by atoms with E-state index in [2.05, 4.69) is 4.98 Å². The molecule has 22 heavy (non-hydrogen) atoms. The Morgan fingerprint density at radius 2 is 1.82 bits per heavy atom. The Labute approximate surface area is 136 Å². The van der Waals surface area contributed by atoms with E-state index in [0.29, 0.717) is 32.9 Å². The van der Waals surface area contributed by atoms with E-state index in [1.165, 1.54) is 18.4 Å². The number of halogens is 3.